The SMILES string of the molecule is NC(=NCC(=O)O)Nc1ccccc1. The maximum Gasteiger partial charge on any atom is 0.325 e. The number of nitrogens with two attached hydrogens (primary N) is 1. The van der Waals surface area contributed by atoms with Crippen LogP contribution in [0, 0.1) is 0 Å². The number of aliphatic imine (C=N–C) groups is 1. The second-order valence-corrected chi connectivity index (χ2v) is 2.59. The highest BCUT2D eigenvalue weighted by molar-refractivity contribution is 5.93. The lowest BCUT2D eigenvalue weighted by Gasteiger charge is -2.03. The van der Waals surface area contributed by atoms with Crippen LogP contribution in [0.25, 0.3) is 0 Å². The molecule has 5 heteroatoms. The maximum absolute atomic E-state index is 10.2. The third-order valence-corrected chi connectivity index (χ3v) is 1.43. The minimum Gasteiger partial charge on any atom is -0.480 e. The van der Waals surface area contributed by atoms with E-state index in [0.717, 1.165) is 5.69 Å². The van der Waals surface area contributed by atoms with Crippen LogP contribution in [-0.4, -0.2) is 23.6 Å². The minimum absolute atomic E-state index is 0.0959. The molecule has 1 aromatic rings. The van der Waals surface area contributed by atoms with Gasteiger partial charge in [0.2, 0.25) is 0 Å². The van der Waals surface area contributed by atoms with Crippen molar-refractivity contribution in [3.63, 3.8) is 0 Å². The molecule has 0 atom stereocenters. The zero-order chi connectivity index (χ0) is 10.4. The van der Waals surface area contributed by atoms with Gasteiger partial charge in [0.1, 0.15) is 6.54 Å². The minimum atomic E-state index is -1.01. The molecule has 5 nitrogen and oxygen atoms in total. The summed E-state index contributed by atoms with van der Waals surface area (Å²) in [5.41, 5.74) is 6.21. The topological polar surface area (TPSA) is 87.7 Å². The van der Waals surface area contributed by atoms with E-state index in [2.05, 4.69) is 10.3 Å². The van der Waals surface area contributed by atoms with E-state index >= 15 is 0 Å². The number of guanidine groups is 1. The molecule has 0 spiro atoms. The molecule has 0 bridgehead atoms. The van der Waals surface area contributed by atoms with Crippen LogP contribution in [0.1, 0.15) is 0 Å². The van der Waals surface area contributed by atoms with Gasteiger partial charge in [-0.3, -0.25) is 4.79 Å². The van der Waals surface area contributed by atoms with Gasteiger partial charge < -0.3 is 16.2 Å². The Balaban J connectivity index is 2.53. The van der Waals surface area contributed by atoms with E-state index < -0.39 is 5.97 Å². The van der Waals surface area contributed by atoms with Crippen molar-refractivity contribution in [3.8, 4) is 0 Å². The number of carboxylic acid groups (broad SMARTS) is 1. The first-order valence-corrected chi connectivity index (χ1v) is 4.02. The number of hydrogen-bond acceptors (Lipinski definition) is 2. The summed E-state index contributed by atoms with van der Waals surface area (Å²) in [6.07, 6.45) is 0. The molecule has 0 saturated carbocycles. The Hall–Kier alpha value is -2.04. The summed E-state index contributed by atoms with van der Waals surface area (Å²) in [6, 6.07) is 9.17. The predicted molar refractivity (Wildman–Crippen MR) is 54.2 cm³/mol. The van der Waals surface area contributed by atoms with Crippen LogP contribution < -0.4 is 11.1 Å². The van der Waals surface area contributed by atoms with E-state index in [1.165, 1.54) is 0 Å². The summed E-state index contributed by atoms with van der Waals surface area (Å²) in [4.78, 5) is 13.8. The lowest BCUT2D eigenvalue weighted by Crippen LogP contribution is -2.23. The highest BCUT2D eigenvalue weighted by Crippen LogP contribution is 2.03. The number of carbonyl (C=O) groups is 1. The third kappa shape index (κ3) is 3.57. The molecule has 0 aliphatic carbocycles. The Morgan fingerprint density at radius 3 is 2.64 bits per heavy atom. The molecule has 74 valence electrons. The molecule has 4 N–H and O–H groups in total. The highest BCUT2D eigenvalue weighted by Gasteiger charge is 1.96. The van der Waals surface area contributed by atoms with Crippen molar-refractivity contribution >= 4 is 17.6 Å². The second kappa shape index (κ2) is 4.86. The van der Waals surface area contributed by atoms with Crippen LogP contribution in [0.4, 0.5) is 5.69 Å². The molecule has 0 heterocycles. The summed E-state index contributed by atoms with van der Waals surface area (Å²) in [5, 5.41) is 11.1. The van der Waals surface area contributed by atoms with Crippen LogP contribution in [0.5, 0.6) is 0 Å². The van der Waals surface area contributed by atoms with E-state index in [1.54, 1.807) is 0 Å². The smallest absolute Gasteiger partial charge is 0.325 e. The van der Waals surface area contributed by atoms with E-state index in [4.69, 9.17) is 10.8 Å². The van der Waals surface area contributed by atoms with Crippen molar-refractivity contribution < 1.29 is 9.90 Å². The summed E-state index contributed by atoms with van der Waals surface area (Å²) < 4.78 is 0. The Labute approximate surface area is 81.3 Å². The van der Waals surface area contributed by atoms with Crippen molar-refractivity contribution in [1.82, 2.24) is 0 Å². The zero-order valence-electron chi connectivity index (χ0n) is 7.47. The standard InChI is InChI=1S/C9H11N3O2/c10-9(11-6-8(13)14)12-7-4-2-1-3-5-7/h1-5H,6H2,(H,13,14)(H3,10,11,12). The van der Waals surface area contributed by atoms with E-state index in [-0.39, 0.29) is 12.5 Å². The zero-order valence-corrected chi connectivity index (χ0v) is 7.47. The fraction of sp³-hybridized carbons (Fsp3) is 0.111. The number of anilines is 1. The number of nitrogens with one attached hydrogen (secondary N) is 1. The van der Waals surface area contributed by atoms with Gasteiger partial charge in [-0.25, -0.2) is 4.99 Å². The first kappa shape index (κ1) is 10.0. The summed E-state index contributed by atoms with van der Waals surface area (Å²) in [5.74, 6) is -0.915. The summed E-state index contributed by atoms with van der Waals surface area (Å²) in [7, 11) is 0. The maximum atomic E-state index is 10.2. The quantitative estimate of drug-likeness (QED) is 0.481. The van der Waals surface area contributed by atoms with Gasteiger partial charge in [-0.2, -0.15) is 0 Å². The normalized spacial score (nSPS) is 11.0. The Kier molecular flexibility index (Phi) is 3.49. The Morgan fingerprint density at radius 1 is 1.43 bits per heavy atom. The molecule has 0 unspecified atom stereocenters. The molecule has 0 radical (unpaired) electrons. The van der Waals surface area contributed by atoms with Crippen LogP contribution in [0.2, 0.25) is 0 Å². The van der Waals surface area contributed by atoms with Crippen molar-refractivity contribution in [3.05, 3.63) is 30.3 Å². The number of para-hydroxylation sites is 1. The van der Waals surface area contributed by atoms with Crippen LogP contribution >= 0.6 is 0 Å². The summed E-state index contributed by atoms with van der Waals surface area (Å²) in [6.45, 7) is -0.328. The van der Waals surface area contributed by atoms with Crippen LogP contribution in [0.3, 0.4) is 0 Å². The second-order valence-electron chi connectivity index (χ2n) is 2.59. The van der Waals surface area contributed by atoms with Crippen molar-refractivity contribution in [2.75, 3.05) is 11.9 Å². The van der Waals surface area contributed by atoms with Gasteiger partial charge in [-0.1, -0.05) is 18.2 Å². The molecule has 0 amide bonds. The van der Waals surface area contributed by atoms with Crippen LogP contribution in [-0.2, 0) is 4.79 Å². The monoisotopic (exact) mass is 193 g/mol. The first-order chi connectivity index (χ1) is 6.68. The molecule has 0 aromatic heterocycles. The van der Waals surface area contributed by atoms with Gasteiger partial charge in [-0.15, -0.1) is 0 Å². The average Bonchev–Trinajstić information content (AvgIpc) is 2.16. The highest BCUT2D eigenvalue weighted by atomic mass is 16.4. The Morgan fingerprint density at radius 2 is 2.07 bits per heavy atom. The molecular weight excluding hydrogens is 182 g/mol. The van der Waals surface area contributed by atoms with Gasteiger partial charge in [0.25, 0.3) is 0 Å². The molecule has 0 saturated heterocycles. The van der Waals surface area contributed by atoms with Gasteiger partial charge in [-0.05, 0) is 12.1 Å². The van der Waals surface area contributed by atoms with Gasteiger partial charge in [0.05, 0.1) is 0 Å². The first-order valence-electron chi connectivity index (χ1n) is 4.02. The van der Waals surface area contributed by atoms with Crippen molar-refractivity contribution in [1.29, 1.82) is 0 Å². The fourth-order valence-corrected chi connectivity index (χ4v) is 0.862. The summed E-state index contributed by atoms with van der Waals surface area (Å²) >= 11 is 0. The van der Waals surface area contributed by atoms with Gasteiger partial charge in [0, 0.05) is 5.69 Å². The lowest BCUT2D eigenvalue weighted by atomic mass is 10.3. The third-order valence-electron chi connectivity index (χ3n) is 1.43. The molecule has 1 rings (SSSR count). The van der Waals surface area contributed by atoms with Gasteiger partial charge in [0.15, 0.2) is 5.96 Å². The van der Waals surface area contributed by atoms with E-state index in [0.29, 0.717) is 0 Å². The fourth-order valence-electron chi connectivity index (χ4n) is 0.862. The number of benzene rings is 1. The molecule has 0 aliphatic heterocycles. The van der Waals surface area contributed by atoms with Crippen molar-refractivity contribution in [2.45, 2.75) is 0 Å². The number of nitrogens with zero attached hydrogens (tertiary/aromatic N) is 1. The number of hydrogen-bond donors (Lipinski definition) is 3. The van der Waals surface area contributed by atoms with Crippen LogP contribution in [0.15, 0.2) is 35.3 Å². The van der Waals surface area contributed by atoms with Gasteiger partial charge >= 0.3 is 5.97 Å². The van der Waals surface area contributed by atoms with Crippen molar-refractivity contribution in [2.24, 2.45) is 10.7 Å². The molecule has 1 aromatic carbocycles. The predicted octanol–water partition coefficient (Wildman–Crippen LogP) is 0.498. The molecule has 0 fully saturated rings. The largest absolute Gasteiger partial charge is 0.480 e. The Bertz CT molecular complexity index is 335. The number of aliphatic carboxylic acids is 1. The number of carboxylic acids is 1. The average molecular weight is 193 g/mol. The lowest BCUT2D eigenvalue weighted by molar-refractivity contribution is -0.135. The number of rotatable bonds is 3. The van der Waals surface area contributed by atoms with E-state index in [1.807, 2.05) is 30.3 Å². The molecule has 14 heavy (non-hydrogen) atoms. The molecular formula is C9H11N3O2. The van der Waals surface area contributed by atoms with E-state index in [9.17, 15) is 4.79 Å². The molecule has 0 aliphatic rings.